The highest BCUT2D eigenvalue weighted by Gasteiger charge is 2.41. The fraction of sp³-hybridized carbons (Fsp3) is 0.924. The lowest BCUT2D eigenvalue weighted by Crippen LogP contribution is -2.45. The standard InChI is InChI=1S/C105H196O16/c1-14-18-22-26-30-34-38-42-46-49-53-57-61-65-69-73-77-114-97(106)88(5)80-91(8)100(109)117-84-105(85-118-101(110)92(9)81-89(6)98(107)115-78-74-70-66-62-58-54-50-47-43-39-35-31-27-23-19-15-2,86-119-102(111)93(10)82-90(7)99(108)116-79-75-71-67-63-59-55-51-48-44-40-36-32-28-24-20-16-3)87-120-103(112)94(11)83-95(12)104(113)121-96(13)76-72-68-64-60-56-52-45-41-37-33-29-25-21-17-4/h88-96H,14-87H2,1-13H3. The number of hydrogen-bond donors (Lipinski definition) is 0. The first kappa shape index (κ1) is 117. The monoisotopic (exact) mass is 1710 g/mol. The Balaban J connectivity index is 6.34. The third kappa shape index (κ3) is 71.5. The zero-order valence-electron chi connectivity index (χ0n) is 81.6. The lowest BCUT2D eigenvalue weighted by molar-refractivity contribution is -0.176. The Morgan fingerprint density at radius 1 is 0.182 bits per heavy atom. The summed E-state index contributed by atoms with van der Waals surface area (Å²) in [6, 6.07) is 0. The van der Waals surface area contributed by atoms with E-state index in [9.17, 15) is 38.4 Å². The first-order valence-electron chi connectivity index (χ1n) is 51.9. The van der Waals surface area contributed by atoms with Crippen LogP contribution in [-0.2, 0) is 76.3 Å². The van der Waals surface area contributed by atoms with Gasteiger partial charge in [-0.25, -0.2) is 0 Å². The van der Waals surface area contributed by atoms with Gasteiger partial charge < -0.3 is 37.9 Å². The zero-order valence-corrected chi connectivity index (χ0v) is 81.6. The quantitative estimate of drug-likeness (QED) is 0.0315. The fourth-order valence-electron chi connectivity index (χ4n) is 16.5. The van der Waals surface area contributed by atoms with E-state index in [4.69, 9.17) is 37.9 Å². The Morgan fingerprint density at radius 2 is 0.322 bits per heavy atom. The summed E-state index contributed by atoms with van der Waals surface area (Å²) >= 11 is 0. The van der Waals surface area contributed by atoms with Crippen LogP contribution in [0.4, 0.5) is 0 Å². The van der Waals surface area contributed by atoms with Gasteiger partial charge in [-0.1, -0.05) is 455 Å². The van der Waals surface area contributed by atoms with Gasteiger partial charge in [-0.3, -0.25) is 38.4 Å². The van der Waals surface area contributed by atoms with Crippen LogP contribution in [-0.4, -0.2) is 100 Å². The van der Waals surface area contributed by atoms with E-state index >= 15 is 0 Å². The number of unbranched alkanes of at least 4 members (excludes halogenated alkanes) is 58. The molecule has 0 aromatic carbocycles. The molecule has 0 fully saturated rings. The van der Waals surface area contributed by atoms with Crippen molar-refractivity contribution in [3.8, 4) is 0 Å². The molecule has 121 heavy (non-hydrogen) atoms. The average Bonchev–Trinajstić information content (AvgIpc) is 0.837. The minimum absolute atomic E-state index is 0.0993. The highest BCUT2D eigenvalue weighted by atomic mass is 16.6. The Morgan fingerprint density at radius 3 is 0.496 bits per heavy atom. The molecule has 0 radical (unpaired) electrons. The van der Waals surface area contributed by atoms with Crippen LogP contribution in [0.3, 0.4) is 0 Å². The Kier molecular flexibility index (Phi) is 81.0. The van der Waals surface area contributed by atoms with Crippen molar-refractivity contribution in [1.82, 2.24) is 0 Å². The van der Waals surface area contributed by atoms with Crippen LogP contribution >= 0.6 is 0 Å². The van der Waals surface area contributed by atoms with E-state index in [-0.39, 0.29) is 31.8 Å². The fourth-order valence-corrected chi connectivity index (χ4v) is 16.5. The van der Waals surface area contributed by atoms with Crippen LogP contribution in [0, 0.1) is 52.8 Å². The van der Waals surface area contributed by atoms with Gasteiger partial charge in [-0.2, -0.15) is 0 Å². The summed E-state index contributed by atoms with van der Waals surface area (Å²) in [5, 5.41) is 0. The predicted molar refractivity (Wildman–Crippen MR) is 500 cm³/mol. The molecule has 0 amide bonds. The minimum atomic E-state index is -1.70. The van der Waals surface area contributed by atoms with Gasteiger partial charge in [0.2, 0.25) is 0 Å². The Labute approximate surface area is 745 Å². The molecule has 712 valence electrons. The van der Waals surface area contributed by atoms with Crippen LogP contribution in [0.25, 0.3) is 0 Å². The van der Waals surface area contributed by atoms with Gasteiger partial charge in [0.15, 0.2) is 0 Å². The topological polar surface area (TPSA) is 210 Å². The lowest BCUT2D eigenvalue weighted by atomic mass is 9.91. The van der Waals surface area contributed by atoms with Gasteiger partial charge in [-0.15, -0.1) is 0 Å². The molecular formula is C105H196O16. The van der Waals surface area contributed by atoms with Crippen LogP contribution in [0.15, 0.2) is 0 Å². The molecule has 0 aromatic heterocycles. The van der Waals surface area contributed by atoms with Gasteiger partial charge in [-0.05, 0) is 64.7 Å². The van der Waals surface area contributed by atoms with E-state index < -0.39 is 127 Å². The molecule has 0 aliphatic rings. The summed E-state index contributed by atoms with van der Waals surface area (Å²) in [6.07, 6.45) is 78.1. The second kappa shape index (κ2) is 83.9. The molecule has 9 unspecified atom stereocenters. The van der Waals surface area contributed by atoms with Crippen molar-refractivity contribution in [1.29, 1.82) is 0 Å². The zero-order chi connectivity index (χ0) is 89.3. The van der Waals surface area contributed by atoms with Gasteiger partial charge in [0.1, 0.15) is 31.8 Å². The molecule has 0 spiro atoms. The van der Waals surface area contributed by atoms with Gasteiger partial charge in [0.05, 0.1) is 73.3 Å². The molecule has 0 rings (SSSR count). The van der Waals surface area contributed by atoms with Crippen LogP contribution in [0.5, 0.6) is 0 Å². The second-order valence-corrected chi connectivity index (χ2v) is 38.1. The van der Waals surface area contributed by atoms with E-state index in [0.29, 0.717) is 19.8 Å². The average molecular weight is 1710 g/mol. The summed E-state index contributed by atoms with van der Waals surface area (Å²) in [7, 11) is 0. The smallest absolute Gasteiger partial charge is 0.308 e. The molecule has 0 heterocycles. The van der Waals surface area contributed by atoms with Crippen LogP contribution in [0.1, 0.15) is 520 Å². The summed E-state index contributed by atoms with van der Waals surface area (Å²) in [4.78, 5) is 111. The van der Waals surface area contributed by atoms with Crippen molar-refractivity contribution >= 4 is 47.8 Å². The highest BCUT2D eigenvalue weighted by molar-refractivity contribution is 5.78. The summed E-state index contributed by atoms with van der Waals surface area (Å²) in [5.41, 5.74) is -1.70. The third-order valence-electron chi connectivity index (χ3n) is 25.1. The van der Waals surface area contributed by atoms with E-state index in [1.54, 1.807) is 55.4 Å². The van der Waals surface area contributed by atoms with E-state index in [2.05, 4.69) is 27.7 Å². The van der Waals surface area contributed by atoms with Crippen molar-refractivity contribution in [3.05, 3.63) is 0 Å². The summed E-state index contributed by atoms with van der Waals surface area (Å²) in [5.74, 6) is -10.3. The Hall–Kier alpha value is -4.24. The molecule has 0 saturated heterocycles. The Bertz CT molecular complexity index is 2240. The number of ether oxygens (including phenoxy) is 8. The molecule has 16 heteroatoms. The molecule has 0 bridgehead atoms. The molecule has 0 aliphatic heterocycles. The minimum Gasteiger partial charge on any atom is -0.465 e. The van der Waals surface area contributed by atoms with E-state index in [1.807, 2.05) is 6.92 Å². The number of rotatable bonds is 91. The maximum absolute atomic E-state index is 14.3. The molecule has 16 nitrogen and oxygen atoms in total. The SMILES string of the molecule is CCCCCCCCCCCCCCCCCCOC(=O)C(C)CC(C)C(=O)OCC(COC(=O)C(C)CC(C)C(=O)OCCCCCCCCCCCCCCCCCC)(COC(=O)C(C)CC(C)C(=O)OCCCCCCCCCCCCCCCCCC)COC(=O)C(C)CC(C)C(=O)OC(C)CCCCCCCCCCCCCCCC. The number of hydrogen-bond acceptors (Lipinski definition) is 16. The summed E-state index contributed by atoms with van der Waals surface area (Å²) < 4.78 is 47.5. The first-order valence-corrected chi connectivity index (χ1v) is 51.9. The third-order valence-corrected chi connectivity index (χ3v) is 25.1. The predicted octanol–water partition coefficient (Wildman–Crippen LogP) is 30.0. The molecule has 0 N–H and O–H groups in total. The first-order chi connectivity index (χ1) is 58.6. The lowest BCUT2D eigenvalue weighted by Gasteiger charge is -2.33. The number of esters is 8. The molecule has 0 aliphatic carbocycles. The molecule has 0 aromatic rings. The van der Waals surface area contributed by atoms with Gasteiger partial charge in [0.25, 0.3) is 0 Å². The van der Waals surface area contributed by atoms with E-state index in [0.717, 1.165) is 103 Å². The largest absolute Gasteiger partial charge is 0.465 e. The number of carbonyl (C=O) groups is 8. The molecular weight excluding hydrogens is 1520 g/mol. The van der Waals surface area contributed by atoms with Crippen molar-refractivity contribution < 1.29 is 76.3 Å². The normalized spacial score (nSPS) is 14.3. The second-order valence-electron chi connectivity index (χ2n) is 38.1. The maximum Gasteiger partial charge on any atom is 0.308 e. The van der Waals surface area contributed by atoms with Crippen LogP contribution in [0.2, 0.25) is 0 Å². The number of carbonyl (C=O) groups excluding carboxylic acids is 8. The molecule has 9 atom stereocenters. The van der Waals surface area contributed by atoms with Crippen molar-refractivity contribution in [3.63, 3.8) is 0 Å². The van der Waals surface area contributed by atoms with Crippen LogP contribution < -0.4 is 0 Å². The van der Waals surface area contributed by atoms with Crippen molar-refractivity contribution in [2.75, 3.05) is 46.2 Å². The van der Waals surface area contributed by atoms with Gasteiger partial charge >= 0.3 is 47.8 Å². The maximum atomic E-state index is 14.3. The molecule has 0 saturated carbocycles. The van der Waals surface area contributed by atoms with Crippen molar-refractivity contribution in [2.45, 2.75) is 526 Å². The van der Waals surface area contributed by atoms with E-state index in [1.165, 1.54) is 302 Å². The summed E-state index contributed by atoms with van der Waals surface area (Å²) in [6.45, 7) is 23.1. The highest BCUT2D eigenvalue weighted by Crippen LogP contribution is 2.30. The van der Waals surface area contributed by atoms with Gasteiger partial charge in [0, 0.05) is 0 Å². The van der Waals surface area contributed by atoms with Crippen molar-refractivity contribution in [2.24, 2.45) is 52.8 Å².